The average Bonchev–Trinajstić information content (AvgIpc) is 2.36. The van der Waals surface area contributed by atoms with Gasteiger partial charge in [-0.1, -0.05) is 32.6 Å². The van der Waals surface area contributed by atoms with E-state index in [1.165, 1.54) is 26.4 Å². The van der Waals surface area contributed by atoms with Gasteiger partial charge in [-0.25, -0.2) is 0 Å². The fourth-order valence-electron chi connectivity index (χ4n) is 2.30. The van der Waals surface area contributed by atoms with Gasteiger partial charge in [0.05, 0.1) is 47.3 Å². The highest BCUT2D eigenvalue weighted by Crippen LogP contribution is 2.06. The third-order valence-corrected chi connectivity index (χ3v) is 3.28. The third-order valence-electron chi connectivity index (χ3n) is 3.28. The molecule has 0 aliphatic carbocycles. The number of carbonyl (C=O) groups is 2. The number of likely N-dealkylation sites (N-methyl/N-ethyl adjacent to an activating group) is 1. The summed E-state index contributed by atoms with van der Waals surface area (Å²) in [6.07, 6.45) is 6.41. The molecule has 0 saturated carbocycles. The van der Waals surface area contributed by atoms with Gasteiger partial charge in [0.15, 0.2) is 0 Å². The second-order valence-electron chi connectivity index (χ2n) is 6.68. The zero-order valence-electron chi connectivity index (χ0n) is 14.4. The average molecular weight is 301 g/mol. The number of rotatable bonds is 11. The molecule has 0 heterocycles. The van der Waals surface area contributed by atoms with Crippen LogP contribution in [0.1, 0.15) is 51.9 Å². The Hall–Kier alpha value is -1.10. The molecule has 0 spiro atoms. The standard InChI is InChI=1S/C16H32N2O3/c1-6-7-8-9-10-11-15(19)17-14(12-16(20)21-5)13-18(2,3)4/h14H,6-13H2,1-5H3/p+1. The largest absolute Gasteiger partial charge is 0.469 e. The number of hydrogen-bond acceptors (Lipinski definition) is 3. The first-order chi connectivity index (χ1) is 9.78. The molecule has 5 heteroatoms. The monoisotopic (exact) mass is 301 g/mol. The number of nitrogens with one attached hydrogen (secondary N) is 1. The van der Waals surface area contributed by atoms with Crippen molar-refractivity contribution in [1.29, 1.82) is 0 Å². The van der Waals surface area contributed by atoms with Gasteiger partial charge >= 0.3 is 5.97 Å². The number of unbranched alkanes of at least 4 members (excludes halogenated alkanes) is 4. The molecule has 0 saturated heterocycles. The van der Waals surface area contributed by atoms with Crippen LogP contribution in [0.4, 0.5) is 0 Å². The van der Waals surface area contributed by atoms with E-state index in [0.29, 0.717) is 17.4 Å². The van der Waals surface area contributed by atoms with Crippen molar-refractivity contribution >= 4 is 11.9 Å². The smallest absolute Gasteiger partial charge is 0.307 e. The summed E-state index contributed by atoms with van der Waals surface area (Å²) in [5.74, 6) is -0.245. The number of nitrogens with zero attached hydrogens (tertiary/aromatic N) is 1. The van der Waals surface area contributed by atoms with Crippen LogP contribution in [-0.4, -0.2) is 57.2 Å². The van der Waals surface area contributed by atoms with E-state index in [1.807, 2.05) is 21.1 Å². The molecule has 1 amide bonds. The summed E-state index contributed by atoms with van der Waals surface area (Å²) in [6.45, 7) is 2.88. The molecule has 0 aliphatic heterocycles. The van der Waals surface area contributed by atoms with Crippen molar-refractivity contribution < 1.29 is 18.8 Å². The fourth-order valence-corrected chi connectivity index (χ4v) is 2.30. The van der Waals surface area contributed by atoms with E-state index in [9.17, 15) is 9.59 Å². The van der Waals surface area contributed by atoms with Gasteiger partial charge in [-0.3, -0.25) is 9.59 Å². The van der Waals surface area contributed by atoms with Gasteiger partial charge in [-0.15, -0.1) is 0 Å². The van der Waals surface area contributed by atoms with E-state index in [1.54, 1.807) is 0 Å². The van der Waals surface area contributed by atoms with Crippen LogP contribution in [0.5, 0.6) is 0 Å². The molecule has 1 atom stereocenters. The number of amides is 1. The van der Waals surface area contributed by atoms with Crippen molar-refractivity contribution in [3.8, 4) is 0 Å². The van der Waals surface area contributed by atoms with Crippen LogP contribution in [0.15, 0.2) is 0 Å². The molecular weight excluding hydrogens is 268 g/mol. The molecule has 1 unspecified atom stereocenters. The summed E-state index contributed by atoms with van der Waals surface area (Å²) in [5.41, 5.74) is 0. The second-order valence-corrected chi connectivity index (χ2v) is 6.68. The Morgan fingerprint density at radius 3 is 2.24 bits per heavy atom. The predicted molar refractivity (Wildman–Crippen MR) is 84.8 cm³/mol. The van der Waals surface area contributed by atoms with Gasteiger partial charge in [0.1, 0.15) is 0 Å². The number of hydrogen-bond donors (Lipinski definition) is 1. The molecule has 5 nitrogen and oxygen atoms in total. The first-order valence-corrected chi connectivity index (χ1v) is 7.95. The van der Waals surface area contributed by atoms with E-state index in [4.69, 9.17) is 4.74 Å². The fraction of sp³-hybridized carbons (Fsp3) is 0.875. The summed E-state index contributed by atoms with van der Waals surface area (Å²) < 4.78 is 5.40. The lowest BCUT2D eigenvalue weighted by atomic mass is 10.1. The predicted octanol–water partition coefficient (Wildman–Crippen LogP) is 2.10. The van der Waals surface area contributed by atoms with Crippen molar-refractivity contribution in [2.24, 2.45) is 0 Å². The molecule has 0 rings (SSSR count). The lowest BCUT2D eigenvalue weighted by Crippen LogP contribution is -2.49. The van der Waals surface area contributed by atoms with Gasteiger partial charge in [0, 0.05) is 6.42 Å². The number of quaternary nitrogens is 1. The van der Waals surface area contributed by atoms with E-state index >= 15 is 0 Å². The summed E-state index contributed by atoms with van der Waals surface area (Å²) in [5, 5.41) is 2.97. The van der Waals surface area contributed by atoms with E-state index in [-0.39, 0.29) is 24.3 Å². The quantitative estimate of drug-likeness (QED) is 0.361. The molecule has 0 aliphatic rings. The van der Waals surface area contributed by atoms with E-state index in [0.717, 1.165) is 12.8 Å². The minimum atomic E-state index is -0.281. The summed E-state index contributed by atoms with van der Waals surface area (Å²) in [7, 11) is 7.50. The number of carbonyl (C=O) groups excluding carboxylic acids is 2. The molecule has 0 aromatic heterocycles. The minimum Gasteiger partial charge on any atom is -0.469 e. The maximum absolute atomic E-state index is 12.0. The van der Waals surface area contributed by atoms with Crippen LogP contribution in [0.25, 0.3) is 0 Å². The molecule has 21 heavy (non-hydrogen) atoms. The molecule has 0 fully saturated rings. The van der Waals surface area contributed by atoms with Gasteiger partial charge in [0.2, 0.25) is 5.91 Å². The van der Waals surface area contributed by atoms with E-state index < -0.39 is 0 Å². The minimum absolute atomic E-state index is 0.0360. The molecule has 124 valence electrons. The Morgan fingerprint density at radius 1 is 1.10 bits per heavy atom. The van der Waals surface area contributed by atoms with E-state index in [2.05, 4.69) is 12.2 Å². The maximum atomic E-state index is 12.0. The van der Waals surface area contributed by atoms with Crippen molar-refractivity contribution in [1.82, 2.24) is 5.32 Å². The molecule has 0 bridgehead atoms. The number of esters is 1. The van der Waals surface area contributed by atoms with Crippen LogP contribution < -0.4 is 5.32 Å². The molecular formula is C16H33N2O3+. The topological polar surface area (TPSA) is 55.4 Å². The van der Waals surface area contributed by atoms with Gasteiger partial charge < -0.3 is 14.5 Å². The zero-order valence-corrected chi connectivity index (χ0v) is 14.4. The third kappa shape index (κ3) is 12.4. The molecule has 1 N–H and O–H groups in total. The van der Waals surface area contributed by atoms with Crippen molar-refractivity contribution in [2.45, 2.75) is 57.9 Å². The van der Waals surface area contributed by atoms with Gasteiger partial charge in [0.25, 0.3) is 0 Å². The van der Waals surface area contributed by atoms with Crippen LogP contribution in [0.3, 0.4) is 0 Å². The van der Waals surface area contributed by atoms with Crippen molar-refractivity contribution in [2.75, 3.05) is 34.8 Å². The zero-order chi connectivity index (χ0) is 16.3. The van der Waals surface area contributed by atoms with Crippen molar-refractivity contribution in [3.63, 3.8) is 0 Å². The number of methoxy groups -OCH3 is 1. The van der Waals surface area contributed by atoms with Crippen LogP contribution in [0, 0.1) is 0 Å². The first-order valence-electron chi connectivity index (χ1n) is 7.95. The highest BCUT2D eigenvalue weighted by Gasteiger charge is 2.23. The summed E-state index contributed by atoms with van der Waals surface area (Å²) in [6, 6.07) is -0.166. The lowest BCUT2D eigenvalue weighted by molar-refractivity contribution is -0.871. The Morgan fingerprint density at radius 2 is 1.71 bits per heavy atom. The highest BCUT2D eigenvalue weighted by atomic mass is 16.5. The summed E-state index contributed by atoms with van der Waals surface area (Å²) >= 11 is 0. The number of ether oxygens (including phenoxy) is 1. The van der Waals surface area contributed by atoms with Gasteiger partial charge in [-0.05, 0) is 6.42 Å². The molecule has 0 radical (unpaired) electrons. The SMILES string of the molecule is CCCCCCCC(=O)NC(CC(=O)OC)C[N+](C)(C)C. The Labute approximate surface area is 129 Å². The lowest BCUT2D eigenvalue weighted by Gasteiger charge is -2.29. The first kappa shape index (κ1) is 19.9. The van der Waals surface area contributed by atoms with Gasteiger partial charge in [-0.2, -0.15) is 0 Å². The normalized spacial score (nSPS) is 12.8. The van der Waals surface area contributed by atoms with Crippen LogP contribution in [-0.2, 0) is 14.3 Å². The van der Waals surface area contributed by atoms with Crippen molar-refractivity contribution in [3.05, 3.63) is 0 Å². The Balaban J connectivity index is 4.19. The molecule has 0 aromatic carbocycles. The van der Waals surface area contributed by atoms with Crippen LogP contribution in [0.2, 0.25) is 0 Å². The van der Waals surface area contributed by atoms with Crippen LogP contribution >= 0.6 is 0 Å². The second kappa shape index (κ2) is 10.6. The summed E-state index contributed by atoms with van der Waals surface area (Å²) in [4.78, 5) is 23.4. The Kier molecular flexibility index (Phi) is 10.0. The molecule has 0 aromatic rings. The Bertz CT molecular complexity index is 311. The highest BCUT2D eigenvalue weighted by molar-refractivity contribution is 5.77. The maximum Gasteiger partial charge on any atom is 0.307 e.